The van der Waals surface area contributed by atoms with Crippen molar-refractivity contribution < 1.29 is 38.4 Å². The first-order valence-electron chi connectivity index (χ1n) is 8.25. The number of non-ortho nitro benzene ring substituents is 1. The van der Waals surface area contributed by atoms with Crippen LogP contribution in [0.25, 0.3) is 0 Å². The third-order valence-electron chi connectivity index (χ3n) is 3.56. The van der Waals surface area contributed by atoms with Gasteiger partial charge in [0.05, 0.1) is 24.7 Å². The molecule has 3 atom stereocenters. The fourth-order valence-corrected chi connectivity index (χ4v) is 2.97. The maximum absolute atomic E-state index is 12.0. The van der Waals surface area contributed by atoms with Crippen LogP contribution in [0.2, 0.25) is 0 Å². The molecule has 0 fully saturated rings. The number of H-pyrrole nitrogens is 1. The Kier molecular flexibility index (Phi) is 8.00. The van der Waals surface area contributed by atoms with Crippen LogP contribution in [0.5, 0.6) is 5.75 Å². The van der Waals surface area contributed by atoms with E-state index in [1.54, 1.807) is 0 Å². The number of aromatic amines is 1. The van der Waals surface area contributed by atoms with Gasteiger partial charge in [-0.1, -0.05) is 0 Å². The molecule has 30 heavy (non-hydrogen) atoms. The number of nitrogens with zero attached hydrogens (tertiary/aromatic N) is 2. The topological polar surface area (TPSA) is 203 Å². The van der Waals surface area contributed by atoms with Crippen LogP contribution >= 0.6 is 7.82 Å². The molecule has 2 aromatic rings. The summed E-state index contributed by atoms with van der Waals surface area (Å²) >= 11 is 0. The van der Waals surface area contributed by atoms with E-state index in [0.717, 1.165) is 41.1 Å². The first kappa shape index (κ1) is 23.4. The largest absolute Gasteiger partial charge is 0.527 e. The van der Waals surface area contributed by atoms with Gasteiger partial charge in [0.25, 0.3) is 11.2 Å². The maximum Gasteiger partial charge on any atom is 0.527 e. The van der Waals surface area contributed by atoms with Gasteiger partial charge in [-0.05, 0) is 12.1 Å². The van der Waals surface area contributed by atoms with Crippen LogP contribution in [0.4, 0.5) is 5.69 Å². The molecular formula is C15H18N3O11P. The second-order valence-electron chi connectivity index (χ2n) is 5.70. The molecule has 14 nitrogen and oxygen atoms in total. The number of ether oxygens (including phenoxy) is 1. The van der Waals surface area contributed by atoms with E-state index in [0.29, 0.717) is 0 Å². The van der Waals surface area contributed by atoms with Crippen LogP contribution in [0, 0.1) is 10.1 Å². The van der Waals surface area contributed by atoms with Gasteiger partial charge in [0.15, 0.2) is 6.23 Å². The van der Waals surface area contributed by atoms with E-state index in [1.165, 1.54) is 0 Å². The highest BCUT2D eigenvalue weighted by atomic mass is 31.2. The van der Waals surface area contributed by atoms with E-state index in [-0.39, 0.29) is 11.4 Å². The molecule has 1 unspecified atom stereocenters. The highest BCUT2D eigenvalue weighted by molar-refractivity contribution is 7.47. The molecule has 1 aromatic carbocycles. The number of aliphatic hydroxyl groups is 2. The average molecular weight is 447 g/mol. The second-order valence-corrected chi connectivity index (χ2v) is 7.08. The van der Waals surface area contributed by atoms with Crippen molar-refractivity contribution >= 4 is 13.5 Å². The van der Waals surface area contributed by atoms with Gasteiger partial charge in [0.1, 0.15) is 11.9 Å². The SMILES string of the molecule is O=c1ccn([C@@H](CO)O[C@@H](CO)COP(=O)(O)Oc2ccc([N+](=O)[O-])cc2)c(=O)[nH]1. The first-order valence-corrected chi connectivity index (χ1v) is 9.74. The molecule has 0 aliphatic carbocycles. The van der Waals surface area contributed by atoms with Crippen molar-refractivity contribution in [1.29, 1.82) is 0 Å². The Hall–Kier alpha value is -2.87. The van der Waals surface area contributed by atoms with E-state index in [1.807, 2.05) is 4.98 Å². The van der Waals surface area contributed by atoms with E-state index in [9.17, 15) is 39.4 Å². The summed E-state index contributed by atoms with van der Waals surface area (Å²) in [5.41, 5.74) is -1.80. The molecule has 4 N–H and O–H groups in total. The third-order valence-corrected chi connectivity index (χ3v) is 4.48. The minimum Gasteiger partial charge on any atom is -0.404 e. The number of phosphoric ester groups is 1. The summed E-state index contributed by atoms with van der Waals surface area (Å²) in [6, 6.07) is 5.31. The van der Waals surface area contributed by atoms with Crippen LogP contribution in [-0.2, 0) is 13.8 Å². The quantitative estimate of drug-likeness (QED) is 0.196. The van der Waals surface area contributed by atoms with E-state index >= 15 is 0 Å². The van der Waals surface area contributed by atoms with Crippen LogP contribution in [-0.4, -0.2) is 55.5 Å². The number of nitrogens with one attached hydrogen (secondary N) is 1. The normalized spacial score (nSPS) is 15.2. The lowest BCUT2D eigenvalue weighted by atomic mass is 10.3. The summed E-state index contributed by atoms with van der Waals surface area (Å²) in [7, 11) is -4.70. The number of hydrogen-bond acceptors (Lipinski definition) is 10. The number of aromatic nitrogens is 2. The zero-order chi connectivity index (χ0) is 22.3. The molecule has 0 bridgehead atoms. The predicted molar refractivity (Wildman–Crippen MR) is 98.9 cm³/mol. The summed E-state index contributed by atoms with van der Waals surface area (Å²) in [5, 5.41) is 29.4. The van der Waals surface area contributed by atoms with Gasteiger partial charge < -0.3 is 19.5 Å². The monoisotopic (exact) mass is 447 g/mol. The van der Waals surface area contributed by atoms with Gasteiger partial charge in [-0.2, -0.15) is 0 Å². The summed E-state index contributed by atoms with van der Waals surface area (Å²) in [4.78, 5) is 44.6. The maximum atomic E-state index is 12.0. The summed E-state index contributed by atoms with van der Waals surface area (Å²) < 4.78 is 27.7. The van der Waals surface area contributed by atoms with Crippen LogP contribution < -0.4 is 15.8 Å². The average Bonchev–Trinajstić information content (AvgIpc) is 2.69. The molecule has 15 heteroatoms. The minimum absolute atomic E-state index is 0.180. The highest BCUT2D eigenvalue weighted by Gasteiger charge is 2.27. The van der Waals surface area contributed by atoms with E-state index in [2.05, 4.69) is 0 Å². The molecule has 0 saturated carbocycles. The summed E-state index contributed by atoms with van der Waals surface area (Å²) in [6.45, 7) is -2.11. The molecule has 0 aliphatic rings. The zero-order valence-corrected chi connectivity index (χ0v) is 16.1. The fraction of sp³-hybridized carbons (Fsp3) is 0.333. The zero-order valence-electron chi connectivity index (χ0n) is 15.2. The Morgan fingerprint density at radius 1 is 1.17 bits per heavy atom. The van der Waals surface area contributed by atoms with E-state index < -0.39 is 56.1 Å². The van der Waals surface area contributed by atoms with Crippen LogP contribution in [0.3, 0.4) is 0 Å². The van der Waals surface area contributed by atoms with Gasteiger partial charge in [-0.25, -0.2) is 9.36 Å². The highest BCUT2D eigenvalue weighted by Crippen LogP contribution is 2.44. The fourth-order valence-electron chi connectivity index (χ4n) is 2.17. The Bertz CT molecular complexity index is 1020. The molecule has 0 saturated heterocycles. The van der Waals surface area contributed by atoms with Gasteiger partial charge in [0, 0.05) is 24.4 Å². The lowest BCUT2D eigenvalue weighted by Gasteiger charge is -2.24. The summed E-state index contributed by atoms with van der Waals surface area (Å²) in [6.07, 6.45) is -1.53. The Balaban J connectivity index is 2.00. The number of benzene rings is 1. The lowest BCUT2D eigenvalue weighted by Crippen LogP contribution is -2.37. The Morgan fingerprint density at radius 3 is 2.37 bits per heavy atom. The van der Waals surface area contributed by atoms with Crippen LogP contribution in [0.15, 0.2) is 46.1 Å². The van der Waals surface area contributed by atoms with Crippen molar-refractivity contribution in [1.82, 2.24) is 9.55 Å². The minimum atomic E-state index is -4.70. The smallest absolute Gasteiger partial charge is 0.404 e. The first-order chi connectivity index (χ1) is 14.1. The molecule has 0 spiro atoms. The van der Waals surface area contributed by atoms with E-state index in [4.69, 9.17) is 13.8 Å². The molecule has 164 valence electrons. The predicted octanol–water partition coefficient (Wildman–Crippen LogP) is -0.491. The molecule has 0 amide bonds. The lowest BCUT2D eigenvalue weighted by molar-refractivity contribution is -0.384. The van der Waals surface area contributed by atoms with Crippen molar-refractivity contribution in [2.24, 2.45) is 0 Å². The Morgan fingerprint density at radius 2 is 1.83 bits per heavy atom. The molecule has 1 aromatic heterocycles. The number of rotatable bonds is 11. The van der Waals surface area contributed by atoms with Gasteiger partial charge in [-0.3, -0.25) is 33.9 Å². The second kappa shape index (κ2) is 10.2. The van der Waals surface area contributed by atoms with Crippen LogP contribution in [0.1, 0.15) is 6.23 Å². The third kappa shape index (κ3) is 6.59. The molecule has 2 rings (SSSR count). The standard InChI is InChI=1S/C15H18N3O11P/c19-7-12(28-14(8-20)17-6-5-13(21)16-15(17)22)9-27-30(25,26)29-11-3-1-10(2-4-11)18(23)24/h1-6,12,14,19-20H,7-9H2,(H,25,26)(H,16,21,22)/t12-,14+/m0/s1. The van der Waals surface area contributed by atoms with Crippen molar-refractivity contribution in [3.8, 4) is 5.75 Å². The van der Waals surface area contributed by atoms with Crippen molar-refractivity contribution in [3.05, 3.63) is 67.5 Å². The van der Waals surface area contributed by atoms with Crippen molar-refractivity contribution in [2.45, 2.75) is 12.3 Å². The number of hydrogen-bond donors (Lipinski definition) is 4. The molecule has 0 aliphatic heterocycles. The van der Waals surface area contributed by atoms with Crippen molar-refractivity contribution in [2.75, 3.05) is 19.8 Å². The molecular weight excluding hydrogens is 429 g/mol. The molecule has 1 heterocycles. The Labute approximate surface area is 167 Å². The van der Waals surface area contributed by atoms with Crippen molar-refractivity contribution in [3.63, 3.8) is 0 Å². The summed E-state index contributed by atoms with van der Waals surface area (Å²) in [5.74, 6) is -0.180. The van der Waals surface area contributed by atoms with Gasteiger partial charge in [0.2, 0.25) is 0 Å². The number of nitro benzene ring substituents is 1. The number of aliphatic hydroxyl groups excluding tert-OH is 2. The number of phosphoric acid groups is 1. The van der Waals surface area contributed by atoms with Gasteiger partial charge >= 0.3 is 13.5 Å². The van der Waals surface area contributed by atoms with Gasteiger partial charge in [-0.15, -0.1) is 0 Å². The number of nitro groups is 1. The molecule has 0 radical (unpaired) electrons.